The number of amides is 2. The minimum absolute atomic E-state index is 0.00961. The molecule has 6 heteroatoms. The molecule has 1 saturated heterocycles. The minimum atomic E-state index is -0.567. The van der Waals surface area contributed by atoms with Crippen molar-refractivity contribution in [2.45, 2.75) is 32.4 Å². The fourth-order valence-corrected chi connectivity index (χ4v) is 1.84. The molecule has 1 fully saturated rings. The highest BCUT2D eigenvalue weighted by atomic mass is 16.5. The molecule has 3 N–H and O–H groups in total. The first-order valence-electron chi connectivity index (χ1n) is 6.29. The zero-order valence-electron chi connectivity index (χ0n) is 11.3. The Kier molecular flexibility index (Phi) is 5.55. The van der Waals surface area contributed by atoms with Crippen LogP contribution >= 0.6 is 0 Å². The number of carbonyl (C=O) groups excluding carboxylic acids is 2. The Hall–Kier alpha value is -1.14. The first kappa shape index (κ1) is 14.9. The van der Waals surface area contributed by atoms with Gasteiger partial charge < -0.3 is 20.7 Å². The molecular weight excluding hydrogens is 234 g/mol. The van der Waals surface area contributed by atoms with Crippen molar-refractivity contribution in [2.24, 2.45) is 11.7 Å². The second kappa shape index (κ2) is 6.70. The van der Waals surface area contributed by atoms with Crippen LogP contribution in [-0.2, 0) is 14.3 Å². The van der Waals surface area contributed by atoms with Crippen molar-refractivity contribution < 1.29 is 14.3 Å². The SMILES string of the molecule is COC1CCN(C(=O)CNC(=O)[C@@H](N)C(C)C)C1. The van der Waals surface area contributed by atoms with Crippen LogP contribution in [-0.4, -0.2) is 55.6 Å². The Morgan fingerprint density at radius 3 is 2.67 bits per heavy atom. The summed E-state index contributed by atoms with van der Waals surface area (Å²) in [6.45, 7) is 5.03. The average Bonchev–Trinajstić information content (AvgIpc) is 2.83. The van der Waals surface area contributed by atoms with Gasteiger partial charge in [-0.1, -0.05) is 13.8 Å². The summed E-state index contributed by atoms with van der Waals surface area (Å²) in [6, 6.07) is -0.567. The molecule has 0 aromatic rings. The van der Waals surface area contributed by atoms with Crippen molar-refractivity contribution >= 4 is 11.8 Å². The van der Waals surface area contributed by atoms with Gasteiger partial charge in [-0.3, -0.25) is 9.59 Å². The van der Waals surface area contributed by atoms with E-state index in [1.807, 2.05) is 13.8 Å². The van der Waals surface area contributed by atoms with E-state index in [-0.39, 0.29) is 30.4 Å². The molecule has 0 aliphatic carbocycles. The van der Waals surface area contributed by atoms with Gasteiger partial charge in [-0.2, -0.15) is 0 Å². The maximum atomic E-state index is 11.8. The first-order valence-corrected chi connectivity index (χ1v) is 6.29. The fraction of sp³-hybridized carbons (Fsp3) is 0.833. The Balaban J connectivity index is 2.31. The monoisotopic (exact) mass is 257 g/mol. The second-order valence-corrected chi connectivity index (χ2v) is 4.97. The Morgan fingerprint density at radius 2 is 2.17 bits per heavy atom. The molecule has 1 unspecified atom stereocenters. The summed E-state index contributed by atoms with van der Waals surface area (Å²) < 4.78 is 5.19. The van der Waals surface area contributed by atoms with Crippen LogP contribution in [0.15, 0.2) is 0 Å². The molecule has 1 rings (SSSR count). The van der Waals surface area contributed by atoms with E-state index in [0.29, 0.717) is 13.1 Å². The highest BCUT2D eigenvalue weighted by Gasteiger charge is 2.26. The van der Waals surface area contributed by atoms with Gasteiger partial charge in [-0.25, -0.2) is 0 Å². The van der Waals surface area contributed by atoms with Crippen LogP contribution in [0.25, 0.3) is 0 Å². The van der Waals surface area contributed by atoms with Gasteiger partial charge >= 0.3 is 0 Å². The topological polar surface area (TPSA) is 84.7 Å². The smallest absolute Gasteiger partial charge is 0.242 e. The summed E-state index contributed by atoms with van der Waals surface area (Å²) in [5, 5.41) is 2.58. The van der Waals surface area contributed by atoms with Gasteiger partial charge in [-0.05, 0) is 12.3 Å². The third-order valence-corrected chi connectivity index (χ3v) is 3.27. The van der Waals surface area contributed by atoms with E-state index in [2.05, 4.69) is 5.32 Å². The van der Waals surface area contributed by atoms with E-state index in [9.17, 15) is 9.59 Å². The summed E-state index contributed by atoms with van der Waals surface area (Å²) in [5.74, 6) is -0.301. The number of hydrogen-bond acceptors (Lipinski definition) is 4. The number of nitrogens with one attached hydrogen (secondary N) is 1. The van der Waals surface area contributed by atoms with Crippen molar-refractivity contribution in [3.63, 3.8) is 0 Å². The number of methoxy groups -OCH3 is 1. The molecule has 1 heterocycles. The predicted octanol–water partition coefficient (Wildman–Crippen LogP) is -0.667. The zero-order chi connectivity index (χ0) is 13.7. The quantitative estimate of drug-likeness (QED) is 0.684. The van der Waals surface area contributed by atoms with Crippen molar-refractivity contribution in [3.8, 4) is 0 Å². The van der Waals surface area contributed by atoms with Gasteiger partial charge in [0, 0.05) is 20.2 Å². The normalized spacial score (nSPS) is 21.2. The number of likely N-dealkylation sites (tertiary alicyclic amines) is 1. The van der Waals surface area contributed by atoms with Crippen LogP contribution in [0, 0.1) is 5.92 Å². The van der Waals surface area contributed by atoms with Crippen LogP contribution in [0.5, 0.6) is 0 Å². The van der Waals surface area contributed by atoms with Crippen LogP contribution in [0.1, 0.15) is 20.3 Å². The number of nitrogens with zero attached hydrogens (tertiary/aromatic N) is 1. The van der Waals surface area contributed by atoms with Gasteiger partial charge in [0.15, 0.2) is 0 Å². The molecule has 1 aliphatic rings. The molecule has 0 saturated carbocycles. The van der Waals surface area contributed by atoms with Crippen molar-refractivity contribution in [1.29, 1.82) is 0 Å². The van der Waals surface area contributed by atoms with Gasteiger partial charge in [0.25, 0.3) is 0 Å². The lowest BCUT2D eigenvalue weighted by Crippen LogP contribution is -2.47. The van der Waals surface area contributed by atoms with Crippen LogP contribution in [0.4, 0.5) is 0 Å². The number of hydrogen-bond donors (Lipinski definition) is 2. The highest BCUT2D eigenvalue weighted by molar-refractivity contribution is 5.87. The number of nitrogens with two attached hydrogens (primary N) is 1. The number of rotatable bonds is 5. The summed E-state index contributed by atoms with van der Waals surface area (Å²) in [7, 11) is 1.64. The Labute approximate surface area is 108 Å². The molecule has 0 aromatic heterocycles. The largest absolute Gasteiger partial charge is 0.380 e. The zero-order valence-corrected chi connectivity index (χ0v) is 11.3. The summed E-state index contributed by atoms with van der Waals surface area (Å²) in [5.41, 5.74) is 5.69. The average molecular weight is 257 g/mol. The summed E-state index contributed by atoms with van der Waals surface area (Å²) in [4.78, 5) is 25.1. The number of ether oxygens (including phenoxy) is 1. The molecule has 2 atom stereocenters. The number of carbonyl (C=O) groups is 2. The van der Waals surface area contributed by atoms with E-state index in [1.165, 1.54) is 0 Å². The van der Waals surface area contributed by atoms with Gasteiger partial charge in [-0.15, -0.1) is 0 Å². The van der Waals surface area contributed by atoms with E-state index in [4.69, 9.17) is 10.5 Å². The van der Waals surface area contributed by atoms with Gasteiger partial charge in [0.2, 0.25) is 11.8 Å². The minimum Gasteiger partial charge on any atom is -0.380 e. The molecular formula is C12H23N3O3. The summed E-state index contributed by atoms with van der Waals surface area (Å²) in [6.07, 6.45) is 0.962. The lowest BCUT2D eigenvalue weighted by molar-refractivity contribution is -0.132. The molecule has 18 heavy (non-hydrogen) atoms. The lowest BCUT2D eigenvalue weighted by Gasteiger charge is -2.18. The van der Waals surface area contributed by atoms with Gasteiger partial charge in [0.1, 0.15) is 0 Å². The fourth-order valence-electron chi connectivity index (χ4n) is 1.84. The van der Waals surface area contributed by atoms with E-state index >= 15 is 0 Å². The maximum absolute atomic E-state index is 11.8. The van der Waals surface area contributed by atoms with Crippen molar-refractivity contribution in [1.82, 2.24) is 10.2 Å². The van der Waals surface area contributed by atoms with E-state index < -0.39 is 6.04 Å². The van der Waals surface area contributed by atoms with E-state index in [0.717, 1.165) is 6.42 Å². The molecule has 104 valence electrons. The Morgan fingerprint density at radius 1 is 1.50 bits per heavy atom. The predicted molar refractivity (Wildman–Crippen MR) is 67.8 cm³/mol. The molecule has 0 radical (unpaired) electrons. The lowest BCUT2D eigenvalue weighted by atomic mass is 10.1. The summed E-state index contributed by atoms with van der Waals surface area (Å²) >= 11 is 0. The first-order chi connectivity index (χ1) is 8.45. The molecule has 0 spiro atoms. The maximum Gasteiger partial charge on any atom is 0.242 e. The Bertz CT molecular complexity index is 307. The van der Waals surface area contributed by atoms with Crippen molar-refractivity contribution in [2.75, 3.05) is 26.7 Å². The second-order valence-electron chi connectivity index (χ2n) is 4.97. The molecule has 6 nitrogen and oxygen atoms in total. The van der Waals surface area contributed by atoms with Crippen molar-refractivity contribution in [3.05, 3.63) is 0 Å². The standard InChI is InChI=1S/C12H23N3O3/c1-8(2)11(13)12(17)14-6-10(16)15-5-4-9(7-15)18-3/h8-9,11H,4-7,13H2,1-3H3,(H,14,17)/t9?,11-/m0/s1. The van der Waals surface area contributed by atoms with Crippen LogP contribution in [0.2, 0.25) is 0 Å². The van der Waals surface area contributed by atoms with E-state index in [1.54, 1.807) is 12.0 Å². The van der Waals surface area contributed by atoms with Crippen LogP contribution in [0.3, 0.4) is 0 Å². The third kappa shape index (κ3) is 3.96. The molecule has 2 amide bonds. The molecule has 0 aromatic carbocycles. The van der Waals surface area contributed by atoms with Crippen LogP contribution < -0.4 is 11.1 Å². The van der Waals surface area contributed by atoms with Gasteiger partial charge in [0.05, 0.1) is 18.7 Å². The third-order valence-electron chi connectivity index (χ3n) is 3.27. The molecule has 0 bridgehead atoms. The highest BCUT2D eigenvalue weighted by Crippen LogP contribution is 2.11. The molecule has 1 aliphatic heterocycles.